The van der Waals surface area contributed by atoms with E-state index in [9.17, 15) is 28.5 Å². The van der Waals surface area contributed by atoms with Gasteiger partial charge in [-0.15, -0.1) is 0 Å². The van der Waals surface area contributed by atoms with Gasteiger partial charge in [0.05, 0.1) is 12.2 Å². The molecule has 6 heteroatoms. The number of alkyl halides is 3. The number of aliphatic hydroxyl groups is 3. The highest BCUT2D eigenvalue weighted by molar-refractivity contribution is 5.38. The number of fused-ring (bicyclic) bond motifs is 1. The third-order valence-corrected chi connectivity index (χ3v) is 8.50. The van der Waals surface area contributed by atoms with Gasteiger partial charge < -0.3 is 15.3 Å². The summed E-state index contributed by atoms with van der Waals surface area (Å²) in [5.74, 6) is 0.929. The lowest BCUT2D eigenvalue weighted by Crippen LogP contribution is -2.41. The van der Waals surface area contributed by atoms with Crippen LogP contribution in [0.25, 0.3) is 0 Å². The van der Waals surface area contributed by atoms with E-state index in [1.54, 1.807) is 0 Å². The molecule has 0 amide bonds. The number of allylic oxidation sites excluding steroid dienone is 4. The van der Waals surface area contributed by atoms with Gasteiger partial charge in [-0.2, -0.15) is 13.2 Å². The predicted molar refractivity (Wildman–Crippen MR) is 124 cm³/mol. The van der Waals surface area contributed by atoms with Crippen molar-refractivity contribution in [3.05, 3.63) is 47.6 Å². The molecule has 3 N–H and O–H groups in total. The zero-order valence-electron chi connectivity index (χ0n) is 20.0. The van der Waals surface area contributed by atoms with E-state index in [0.717, 1.165) is 44.6 Å². The van der Waals surface area contributed by atoms with Gasteiger partial charge in [0.2, 0.25) is 0 Å². The largest absolute Gasteiger partial charge is 0.417 e. The van der Waals surface area contributed by atoms with Crippen LogP contribution in [0.1, 0.15) is 72.1 Å². The van der Waals surface area contributed by atoms with Crippen LogP contribution < -0.4 is 0 Å². The second kappa shape index (κ2) is 9.71. The van der Waals surface area contributed by atoms with Gasteiger partial charge in [0.25, 0.3) is 0 Å². The maximum absolute atomic E-state index is 12.9. The third-order valence-electron chi connectivity index (χ3n) is 8.50. The highest BCUT2D eigenvalue weighted by Gasteiger charge is 2.51. The first-order chi connectivity index (χ1) is 15.3. The van der Waals surface area contributed by atoms with Gasteiger partial charge in [0.15, 0.2) is 5.60 Å². The fourth-order valence-corrected chi connectivity index (χ4v) is 6.37. The van der Waals surface area contributed by atoms with Crippen LogP contribution in [0.15, 0.2) is 47.6 Å². The van der Waals surface area contributed by atoms with Crippen LogP contribution in [-0.4, -0.2) is 39.3 Å². The molecule has 0 aliphatic heterocycles. The molecule has 0 aromatic heterocycles. The molecule has 0 heterocycles. The summed E-state index contributed by atoms with van der Waals surface area (Å²) in [5, 5.41) is 29.8. The lowest BCUT2D eigenvalue weighted by molar-refractivity contribution is -0.251. The maximum Gasteiger partial charge on any atom is 0.417 e. The minimum atomic E-state index is -4.64. The molecule has 0 spiro atoms. The first-order valence-corrected chi connectivity index (χ1v) is 12.2. The van der Waals surface area contributed by atoms with E-state index in [4.69, 9.17) is 0 Å². The topological polar surface area (TPSA) is 60.7 Å². The third kappa shape index (κ3) is 5.49. The molecule has 3 rings (SSSR count). The van der Waals surface area contributed by atoms with Crippen molar-refractivity contribution in [3.8, 4) is 0 Å². The molecule has 0 unspecified atom stereocenters. The van der Waals surface area contributed by atoms with Gasteiger partial charge in [-0.1, -0.05) is 50.3 Å². The van der Waals surface area contributed by atoms with Crippen LogP contribution in [0, 0.1) is 23.2 Å². The van der Waals surface area contributed by atoms with Crippen molar-refractivity contribution in [1.82, 2.24) is 0 Å². The number of hydrogen-bond acceptors (Lipinski definition) is 3. The highest BCUT2D eigenvalue weighted by Crippen LogP contribution is 2.59. The van der Waals surface area contributed by atoms with Gasteiger partial charge in [-0.05, 0) is 79.8 Å². The molecule has 0 radical (unpaired) electrons. The SMILES string of the molecule is C=C1/C(=C\C=C2/CCC[C@]3(C)[C@@H]([C@H](C)/C=C/C[C@@](C)(O)C(F)(F)F)CC[C@@H]23)C[C@@H](O)C[C@@H]1O. The molecule has 7 atom stereocenters. The Balaban J connectivity index is 1.73. The van der Waals surface area contributed by atoms with Gasteiger partial charge in [-0.25, -0.2) is 0 Å². The molecular formula is C27H39F3O3. The molecule has 0 aromatic rings. The second-order valence-electron chi connectivity index (χ2n) is 10.9. The second-order valence-corrected chi connectivity index (χ2v) is 10.9. The first kappa shape index (κ1) is 26.2. The molecule has 0 bridgehead atoms. The van der Waals surface area contributed by atoms with E-state index >= 15 is 0 Å². The average molecular weight is 469 g/mol. The molecule has 3 saturated carbocycles. The van der Waals surface area contributed by atoms with E-state index < -0.39 is 30.4 Å². The fourth-order valence-electron chi connectivity index (χ4n) is 6.37. The zero-order chi connectivity index (χ0) is 24.6. The molecule has 3 fully saturated rings. The van der Waals surface area contributed by atoms with Crippen LogP contribution >= 0.6 is 0 Å². The standard InChI is InChI=1S/C27H39F3O3/c1-17(7-5-14-26(4,33)27(28,29)30)22-11-12-23-19(8-6-13-25(22,23)3)9-10-20-15-21(31)16-24(32)18(20)2/h5,7,9-10,17,21-24,31-33H,2,6,8,11-16H2,1,3-4H3/b7-5+,19-9+,20-10-/t17-,21-,22-,23+,24+,25-,26-/m1/s1. The van der Waals surface area contributed by atoms with Crippen molar-refractivity contribution in [2.45, 2.75) is 96.1 Å². The predicted octanol–water partition coefficient (Wildman–Crippen LogP) is 6.02. The Bertz CT molecular complexity index is 823. The Morgan fingerprint density at radius 3 is 2.58 bits per heavy atom. The van der Waals surface area contributed by atoms with E-state index in [0.29, 0.717) is 30.3 Å². The molecule has 3 aliphatic rings. The number of hydrogen-bond donors (Lipinski definition) is 3. The molecule has 0 saturated heterocycles. The molecule has 33 heavy (non-hydrogen) atoms. The lowest BCUT2D eigenvalue weighted by atomic mass is 9.61. The number of aliphatic hydroxyl groups excluding tert-OH is 2. The first-order valence-electron chi connectivity index (χ1n) is 12.2. The quantitative estimate of drug-likeness (QED) is 0.432. The molecule has 0 aromatic carbocycles. The summed E-state index contributed by atoms with van der Waals surface area (Å²) in [6.45, 7) is 9.21. The van der Waals surface area contributed by atoms with Crippen molar-refractivity contribution in [3.63, 3.8) is 0 Å². The normalized spacial score (nSPS) is 38.6. The molecule has 3 nitrogen and oxygen atoms in total. The Kier molecular flexibility index (Phi) is 7.72. The van der Waals surface area contributed by atoms with Crippen molar-refractivity contribution < 1.29 is 28.5 Å². The van der Waals surface area contributed by atoms with E-state index in [2.05, 4.69) is 26.5 Å². The van der Waals surface area contributed by atoms with Crippen LogP contribution in [0.5, 0.6) is 0 Å². The molecule has 3 aliphatic carbocycles. The summed E-state index contributed by atoms with van der Waals surface area (Å²) in [6.07, 6.45) is 7.32. The summed E-state index contributed by atoms with van der Waals surface area (Å²) in [7, 11) is 0. The Hall–Kier alpha value is -1.37. The Labute approximate surface area is 195 Å². The Morgan fingerprint density at radius 1 is 1.21 bits per heavy atom. The maximum atomic E-state index is 12.9. The number of rotatable bonds is 5. The summed E-state index contributed by atoms with van der Waals surface area (Å²) in [4.78, 5) is 0. The van der Waals surface area contributed by atoms with E-state index in [1.165, 1.54) is 11.6 Å². The summed E-state index contributed by atoms with van der Waals surface area (Å²) < 4.78 is 38.8. The van der Waals surface area contributed by atoms with Gasteiger partial charge in [-0.3, -0.25) is 0 Å². The van der Waals surface area contributed by atoms with Crippen LogP contribution in [0.3, 0.4) is 0 Å². The van der Waals surface area contributed by atoms with Gasteiger partial charge in [0.1, 0.15) is 0 Å². The monoisotopic (exact) mass is 468 g/mol. The van der Waals surface area contributed by atoms with Crippen molar-refractivity contribution >= 4 is 0 Å². The summed E-state index contributed by atoms with van der Waals surface area (Å²) >= 11 is 0. The average Bonchev–Trinajstić information content (AvgIpc) is 3.06. The van der Waals surface area contributed by atoms with Crippen molar-refractivity contribution in [2.24, 2.45) is 23.2 Å². The van der Waals surface area contributed by atoms with Crippen LogP contribution in [0.2, 0.25) is 0 Å². The fraction of sp³-hybridized carbons (Fsp3) is 0.704. The lowest BCUT2D eigenvalue weighted by Gasteiger charge is -2.44. The van der Waals surface area contributed by atoms with Crippen molar-refractivity contribution in [1.29, 1.82) is 0 Å². The van der Waals surface area contributed by atoms with E-state index in [1.807, 2.05) is 12.2 Å². The van der Waals surface area contributed by atoms with E-state index in [-0.39, 0.29) is 11.3 Å². The van der Waals surface area contributed by atoms with Crippen LogP contribution in [-0.2, 0) is 0 Å². The molecule has 186 valence electrons. The summed E-state index contributed by atoms with van der Waals surface area (Å²) in [6, 6.07) is 0. The zero-order valence-corrected chi connectivity index (χ0v) is 20.0. The minimum absolute atomic E-state index is 0.0848. The highest BCUT2D eigenvalue weighted by atomic mass is 19.4. The Morgan fingerprint density at radius 2 is 1.91 bits per heavy atom. The number of halogens is 3. The van der Waals surface area contributed by atoms with Gasteiger partial charge in [0, 0.05) is 12.8 Å². The van der Waals surface area contributed by atoms with Crippen molar-refractivity contribution in [2.75, 3.05) is 0 Å². The smallest absolute Gasteiger partial charge is 0.393 e. The van der Waals surface area contributed by atoms with Gasteiger partial charge >= 0.3 is 6.18 Å². The van der Waals surface area contributed by atoms with Crippen LogP contribution in [0.4, 0.5) is 13.2 Å². The summed E-state index contributed by atoms with van der Waals surface area (Å²) in [5.41, 5.74) is 0.361. The minimum Gasteiger partial charge on any atom is -0.393 e. The molecular weight excluding hydrogens is 429 g/mol.